The summed E-state index contributed by atoms with van der Waals surface area (Å²) in [6, 6.07) is 1.76. The fraction of sp³-hybridized carbons (Fsp3) is 0.706. The summed E-state index contributed by atoms with van der Waals surface area (Å²) in [5, 5.41) is 0. The molecule has 0 radical (unpaired) electrons. The zero-order valence-electron chi connectivity index (χ0n) is 13.9. The Balaban J connectivity index is 1.76. The summed E-state index contributed by atoms with van der Waals surface area (Å²) in [6.45, 7) is 6.76. The van der Waals surface area contributed by atoms with Crippen molar-refractivity contribution in [2.75, 3.05) is 26.7 Å². The molecule has 1 saturated heterocycles. The normalized spacial score (nSPS) is 23.0. The highest BCUT2D eigenvalue weighted by Crippen LogP contribution is 2.32. The summed E-state index contributed by atoms with van der Waals surface area (Å²) in [5.74, 6) is 1.34. The highest BCUT2D eigenvalue weighted by molar-refractivity contribution is 5.92. The van der Waals surface area contributed by atoms with Gasteiger partial charge in [-0.3, -0.25) is 9.69 Å². The molecule has 0 bridgehead atoms. The Bertz CT molecular complexity index is 551. The second kappa shape index (κ2) is 5.95. The van der Waals surface area contributed by atoms with Gasteiger partial charge < -0.3 is 4.90 Å². The number of rotatable bonds is 2. The predicted octanol–water partition coefficient (Wildman–Crippen LogP) is 2.30. The first-order valence-electron chi connectivity index (χ1n) is 8.31. The summed E-state index contributed by atoms with van der Waals surface area (Å²) < 4.78 is 0. The van der Waals surface area contributed by atoms with Crippen molar-refractivity contribution in [3.05, 3.63) is 23.8 Å². The first kappa shape index (κ1) is 15.4. The van der Waals surface area contributed by atoms with Crippen LogP contribution in [0.1, 0.15) is 61.8 Å². The van der Waals surface area contributed by atoms with E-state index in [0.717, 1.165) is 38.3 Å². The van der Waals surface area contributed by atoms with Crippen LogP contribution in [0.3, 0.4) is 0 Å². The maximum atomic E-state index is 12.8. The van der Waals surface area contributed by atoms with Gasteiger partial charge in [0.2, 0.25) is 0 Å². The zero-order valence-corrected chi connectivity index (χ0v) is 13.9. The van der Waals surface area contributed by atoms with Crippen LogP contribution in [0.5, 0.6) is 0 Å². The second-order valence-corrected chi connectivity index (χ2v) is 7.24. The van der Waals surface area contributed by atoms with E-state index in [1.165, 1.54) is 12.8 Å². The third-order valence-electron chi connectivity index (χ3n) is 5.22. The van der Waals surface area contributed by atoms with Crippen LogP contribution in [-0.4, -0.2) is 57.9 Å². The molecule has 2 fully saturated rings. The van der Waals surface area contributed by atoms with Crippen LogP contribution in [0.15, 0.2) is 12.3 Å². The molecule has 0 unspecified atom stereocenters. The lowest BCUT2D eigenvalue weighted by Gasteiger charge is -2.45. The Labute approximate surface area is 132 Å². The lowest BCUT2D eigenvalue weighted by atomic mass is 9.99. The molecule has 120 valence electrons. The van der Waals surface area contributed by atoms with Gasteiger partial charge in [-0.2, -0.15) is 0 Å². The van der Waals surface area contributed by atoms with E-state index in [1.54, 1.807) is 12.3 Å². The van der Waals surface area contributed by atoms with Gasteiger partial charge in [-0.05, 0) is 39.8 Å². The van der Waals surface area contributed by atoms with Crippen LogP contribution in [-0.2, 0) is 0 Å². The number of likely N-dealkylation sites (N-methyl/N-ethyl adjacent to an activating group) is 1. The predicted molar refractivity (Wildman–Crippen MR) is 85.9 cm³/mol. The van der Waals surface area contributed by atoms with E-state index in [1.807, 2.05) is 4.90 Å². The van der Waals surface area contributed by atoms with Crippen LogP contribution < -0.4 is 0 Å². The quantitative estimate of drug-likeness (QED) is 0.841. The first-order valence-corrected chi connectivity index (χ1v) is 8.31. The van der Waals surface area contributed by atoms with Crippen molar-refractivity contribution < 1.29 is 4.79 Å². The number of amides is 1. The Morgan fingerprint density at radius 1 is 1.27 bits per heavy atom. The van der Waals surface area contributed by atoms with Crippen LogP contribution in [0.4, 0.5) is 0 Å². The standard InChI is InChI=1S/C17H26N4O/c1-17(2)12-21(11-10-20(17)3)16(22)14-8-9-18-15(19-14)13-6-4-5-7-13/h8-9,13H,4-7,10-12H2,1-3H3. The molecular weight excluding hydrogens is 276 g/mol. The van der Waals surface area contributed by atoms with E-state index in [0.29, 0.717) is 11.6 Å². The minimum absolute atomic E-state index is 0.00915. The van der Waals surface area contributed by atoms with Crippen molar-refractivity contribution in [2.45, 2.75) is 51.0 Å². The van der Waals surface area contributed by atoms with Crippen LogP contribution in [0, 0.1) is 0 Å². The molecule has 1 aliphatic heterocycles. The van der Waals surface area contributed by atoms with Crippen molar-refractivity contribution in [1.82, 2.24) is 19.8 Å². The molecule has 1 saturated carbocycles. The Morgan fingerprint density at radius 3 is 2.68 bits per heavy atom. The summed E-state index contributed by atoms with van der Waals surface area (Å²) in [6.07, 6.45) is 6.55. The van der Waals surface area contributed by atoms with Gasteiger partial charge in [0, 0.05) is 37.3 Å². The van der Waals surface area contributed by atoms with Gasteiger partial charge in [0.1, 0.15) is 11.5 Å². The van der Waals surface area contributed by atoms with E-state index in [9.17, 15) is 4.79 Å². The first-order chi connectivity index (χ1) is 10.5. The molecule has 1 aromatic heterocycles. The highest BCUT2D eigenvalue weighted by Gasteiger charge is 2.34. The van der Waals surface area contributed by atoms with Crippen LogP contribution in [0.2, 0.25) is 0 Å². The van der Waals surface area contributed by atoms with Crippen molar-refractivity contribution in [3.63, 3.8) is 0 Å². The highest BCUT2D eigenvalue weighted by atomic mass is 16.2. The molecule has 3 rings (SSSR count). The third kappa shape index (κ3) is 3.00. The smallest absolute Gasteiger partial charge is 0.272 e. The number of carbonyl (C=O) groups excluding carboxylic acids is 1. The van der Waals surface area contributed by atoms with Crippen molar-refractivity contribution in [1.29, 1.82) is 0 Å². The molecule has 2 aliphatic rings. The molecule has 5 heteroatoms. The van der Waals surface area contributed by atoms with Crippen molar-refractivity contribution in [3.8, 4) is 0 Å². The summed E-state index contributed by atoms with van der Waals surface area (Å²) >= 11 is 0. The van der Waals surface area contributed by atoms with Gasteiger partial charge in [0.15, 0.2) is 0 Å². The summed E-state index contributed by atoms with van der Waals surface area (Å²) in [7, 11) is 2.12. The van der Waals surface area contributed by atoms with E-state index in [2.05, 4.69) is 35.8 Å². The lowest BCUT2D eigenvalue weighted by Crippen LogP contribution is -2.58. The number of piperazine rings is 1. The molecule has 2 heterocycles. The molecule has 1 amide bonds. The van der Waals surface area contributed by atoms with Crippen molar-refractivity contribution in [2.24, 2.45) is 0 Å². The second-order valence-electron chi connectivity index (χ2n) is 7.24. The lowest BCUT2D eigenvalue weighted by molar-refractivity contribution is 0.0307. The topological polar surface area (TPSA) is 49.3 Å². The Kier molecular flexibility index (Phi) is 4.17. The maximum Gasteiger partial charge on any atom is 0.272 e. The fourth-order valence-corrected chi connectivity index (χ4v) is 3.45. The van der Waals surface area contributed by atoms with Gasteiger partial charge in [-0.15, -0.1) is 0 Å². The molecule has 5 nitrogen and oxygen atoms in total. The molecule has 0 atom stereocenters. The van der Waals surface area contributed by atoms with Crippen LogP contribution >= 0.6 is 0 Å². The molecule has 0 spiro atoms. The Hall–Kier alpha value is -1.49. The molecule has 0 aromatic carbocycles. The number of aromatic nitrogens is 2. The molecule has 1 aliphatic carbocycles. The fourth-order valence-electron chi connectivity index (χ4n) is 3.45. The van der Waals surface area contributed by atoms with E-state index < -0.39 is 0 Å². The Morgan fingerprint density at radius 2 is 2.00 bits per heavy atom. The minimum atomic E-state index is 0.00915. The summed E-state index contributed by atoms with van der Waals surface area (Å²) in [5.41, 5.74) is 0.562. The SMILES string of the molecule is CN1CCN(C(=O)c2ccnc(C3CCCC3)n2)CC1(C)C. The average Bonchev–Trinajstić information content (AvgIpc) is 3.04. The largest absolute Gasteiger partial charge is 0.334 e. The van der Waals surface area contributed by atoms with Gasteiger partial charge in [0.05, 0.1) is 0 Å². The molecule has 22 heavy (non-hydrogen) atoms. The van der Waals surface area contributed by atoms with E-state index >= 15 is 0 Å². The van der Waals surface area contributed by atoms with Gasteiger partial charge in [0.25, 0.3) is 5.91 Å². The molecular formula is C17H26N4O. The minimum Gasteiger partial charge on any atom is -0.334 e. The number of carbonyl (C=O) groups is 1. The molecule has 0 N–H and O–H groups in total. The number of nitrogens with zero attached hydrogens (tertiary/aromatic N) is 4. The van der Waals surface area contributed by atoms with Crippen LogP contribution in [0.25, 0.3) is 0 Å². The third-order valence-corrected chi connectivity index (χ3v) is 5.22. The number of hydrogen-bond donors (Lipinski definition) is 0. The van der Waals surface area contributed by atoms with Gasteiger partial charge in [-0.1, -0.05) is 12.8 Å². The molecule has 1 aromatic rings. The van der Waals surface area contributed by atoms with E-state index in [4.69, 9.17) is 0 Å². The summed E-state index contributed by atoms with van der Waals surface area (Å²) in [4.78, 5) is 26.0. The zero-order chi connectivity index (χ0) is 15.7. The van der Waals surface area contributed by atoms with E-state index in [-0.39, 0.29) is 11.4 Å². The van der Waals surface area contributed by atoms with Gasteiger partial charge in [-0.25, -0.2) is 9.97 Å². The maximum absolute atomic E-state index is 12.8. The average molecular weight is 302 g/mol. The van der Waals surface area contributed by atoms with Gasteiger partial charge >= 0.3 is 0 Å². The monoisotopic (exact) mass is 302 g/mol. The number of hydrogen-bond acceptors (Lipinski definition) is 4. The van der Waals surface area contributed by atoms with Crippen molar-refractivity contribution >= 4 is 5.91 Å².